The summed E-state index contributed by atoms with van der Waals surface area (Å²) in [6.07, 6.45) is 2.52. The molecule has 0 radical (unpaired) electrons. The van der Waals surface area contributed by atoms with Crippen LogP contribution in [0.25, 0.3) is 0 Å². The third kappa shape index (κ3) is 1.30. The van der Waals surface area contributed by atoms with E-state index < -0.39 is 0 Å². The molecule has 0 aromatic heterocycles. The average Bonchev–Trinajstić information content (AvgIpc) is 2.44. The molecule has 0 amide bonds. The molecule has 2 heteroatoms. The highest BCUT2D eigenvalue weighted by Crippen LogP contribution is 2.36. The number of likely N-dealkylation sites (N-methyl/N-ethyl adjacent to an activating group) is 1. The van der Waals surface area contributed by atoms with E-state index in [9.17, 15) is 0 Å². The molecule has 0 N–H and O–H groups in total. The number of rotatable bonds is 0. The Morgan fingerprint density at radius 3 is 2.82 bits per heavy atom. The van der Waals surface area contributed by atoms with Gasteiger partial charge in [-0.1, -0.05) is 6.92 Å². The summed E-state index contributed by atoms with van der Waals surface area (Å²) < 4.78 is 5.84. The minimum absolute atomic E-state index is 0.258. The van der Waals surface area contributed by atoms with E-state index in [1.165, 1.54) is 19.4 Å². The summed E-state index contributed by atoms with van der Waals surface area (Å²) in [4.78, 5) is 2.37. The van der Waals surface area contributed by atoms with Crippen molar-refractivity contribution < 1.29 is 4.74 Å². The van der Waals surface area contributed by atoms with E-state index in [2.05, 4.69) is 18.9 Å². The maximum absolute atomic E-state index is 5.84. The van der Waals surface area contributed by atoms with E-state index in [4.69, 9.17) is 4.74 Å². The Morgan fingerprint density at radius 2 is 2.36 bits per heavy atom. The zero-order valence-electron chi connectivity index (χ0n) is 7.47. The van der Waals surface area contributed by atoms with Gasteiger partial charge in [0.1, 0.15) is 0 Å². The number of hydrogen-bond donors (Lipinski definition) is 0. The lowest BCUT2D eigenvalue weighted by Gasteiger charge is -2.21. The molecule has 11 heavy (non-hydrogen) atoms. The fourth-order valence-electron chi connectivity index (χ4n) is 2.40. The van der Waals surface area contributed by atoms with Crippen molar-refractivity contribution in [2.45, 2.75) is 25.4 Å². The van der Waals surface area contributed by atoms with Gasteiger partial charge in [-0.05, 0) is 25.8 Å². The van der Waals surface area contributed by atoms with Crippen molar-refractivity contribution in [2.24, 2.45) is 5.92 Å². The highest BCUT2D eigenvalue weighted by atomic mass is 16.5. The molecule has 0 aliphatic carbocycles. The minimum Gasteiger partial charge on any atom is -0.373 e. The molecule has 2 aliphatic rings. The molecule has 1 spiro atoms. The monoisotopic (exact) mass is 155 g/mol. The first-order chi connectivity index (χ1) is 5.20. The SMILES string of the molecule is CC1COC2(CCN(C)C2)C1. The lowest BCUT2D eigenvalue weighted by molar-refractivity contribution is 0.0136. The Balaban J connectivity index is 2.02. The van der Waals surface area contributed by atoms with Crippen LogP contribution in [0.2, 0.25) is 0 Å². The Labute approximate surface area is 68.5 Å². The summed E-state index contributed by atoms with van der Waals surface area (Å²) >= 11 is 0. The Kier molecular flexibility index (Phi) is 1.69. The number of nitrogens with zero attached hydrogens (tertiary/aromatic N) is 1. The molecule has 0 aromatic carbocycles. The van der Waals surface area contributed by atoms with Crippen LogP contribution in [0.1, 0.15) is 19.8 Å². The van der Waals surface area contributed by atoms with Gasteiger partial charge in [0.2, 0.25) is 0 Å². The van der Waals surface area contributed by atoms with Crippen molar-refractivity contribution >= 4 is 0 Å². The standard InChI is InChI=1S/C9H17NO/c1-8-5-9(11-6-8)3-4-10(2)7-9/h8H,3-7H2,1-2H3. The lowest BCUT2D eigenvalue weighted by atomic mass is 9.95. The van der Waals surface area contributed by atoms with Crippen LogP contribution in [0.4, 0.5) is 0 Å². The van der Waals surface area contributed by atoms with Crippen LogP contribution in [-0.2, 0) is 4.74 Å². The average molecular weight is 155 g/mol. The van der Waals surface area contributed by atoms with Crippen LogP contribution in [0.5, 0.6) is 0 Å². The third-order valence-electron chi connectivity index (χ3n) is 2.90. The van der Waals surface area contributed by atoms with E-state index in [-0.39, 0.29) is 5.60 Å². The van der Waals surface area contributed by atoms with Crippen LogP contribution < -0.4 is 0 Å². The fourth-order valence-corrected chi connectivity index (χ4v) is 2.40. The summed E-state index contributed by atoms with van der Waals surface area (Å²) in [5, 5.41) is 0. The quantitative estimate of drug-likeness (QED) is 0.519. The van der Waals surface area contributed by atoms with Gasteiger partial charge in [-0.2, -0.15) is 0 Å². The Morgan fingerprint density at radius 1 is 1.55 bits per heavy atom. The fraction of sp³-hybridized carbons (Fsp3) is 1.00. The first-order valence-electron chi connectivity index (χ1n) is 4.53. The van der Waals surface area contributed by atoms with E-state index in [0.717, 1.165) is 19.1 Å². The van der Waals surface area contributed by atoms with Gasteiger partial charge >= 0.3 is 0 Å². The second kappa shape index (κ2) is 2.46. The molecular formula is C9H17NO. The molecule has 2 saturated heterocycles. The van der Waals surface area contributed by atoms with Crippen LogP contribution in [-0.4, -0.2) is 37.2 Å². The summed E-state index contributed by atoms with van der Waals surface area (Å²) in [6, 6.07) is 0. The van der Waals surface area contributed by atoms with Gasteiger partial charge in [0.05, 0.1) is 12.2 Å². The molecule has 0 aromatic rings. The highest BCUT2D eigenvalue weighted by Gasteiger charge is 2.42. The molecule has 0 bridgehead atoms. The molecule has 2 aliphatic heterocycles. The van der Waals surface area contributed by atoms with Gasteiger partial charge in [-0.15, -0.1) is 0 Å². The molecule has 2 unspecified atom stereocenters. The van der Waals surface area contributed by atoms with Gasteiger partial charge in [-0.3, -0.25) is 0 Å². The second-order valence-electron chi connectivity index (χ2n) is 4.29. The number of likely N-dealkylation sites (tertiary alicyclic amines) is 1. The molecule has 0 saturated carbocycles. The number of hydrogen-bond acceptors (Lipinski definition) is 2. The van der Waals surface area contributed by atoms with Gasteiger partial charge in [0.15, 0.2) is 0 Å². The van der Waals surface area contributed by atoms with E-state index >= 15 is 0 Å². The summed E-state index contributed by atoms with van der Waals surface area (Å²) in [5.41, 5.74) is 0.258. The number of ether oxygens (including phenoxy) is 1. The second-order valence-corrected chi connectivity index (χ2v) is 4.29. The van der Waals surface area contributed by atoms with Gasteiger partial charge in [-0.25, -0.2) is 0 Å². The van der Waals surface area contributed by atoms with Crippen LogP contribution in [0, 0.1) is 5.92 Å². The largest absolute Gasteiger partial charge is 0.373 e. The van der Waals surface area contributed by atoms with Gasteiger partial charge < -0.3 is 9.64 Å². The van der Waals surface area contributed by atoms with Crippen molar-refractivity contribution in [2.75, 3.05) is 26.7 Å². The third-order valence-corrected chi connectivity index (χ3v) is 2.90. The molecule has 2 nitrogen and oxygen atoms in total. The summed E-state index contributed by atoms with van der Waals surface area (Å²) in [5.74, 6) is 0.779. The topological polar surface area (TPSA) is 12.5 Å². The molecule has 2 rings (SSSR count). The Bertz CT molecular complexity index is 140. The van der Waals surface area contributed by atoms with Crippen molar-refractivity contribution in [1.82, 2.24) is 4.90 Å². The normalized spacial score (nSPS) is 45.8. The maximum atomic E-state index is 5.84. The summed E-state index contributed by atoms with van der Waals surface area (Å²) in [7, 11) is 2.18. The zero-order chi connectivity index (χ0) is 7.90. The Hall–Kier alpha value is -0.0800. The van der Waals surface area contributed by atoms with Crippen LogP contribution >= 0.6 is 0 Å². The van der Waals surface area contributed by atoms with Crippen molar-refractivity contribution in [3.05, 3.63) is 0 Å². The highest BCUT2D eigenvalue weighted by molar-refractivity contribution is 4.95. The lowest BCUT2D eigenvalue weighted by Crippen LogP contribution is -2.31. The molecule has 2 fully saturated rings. The smallest absolute Gasteiger partial charge is 0.0824 e. The van der Waals surface area contributed by atoms with Crippen molar-refractivity contribution in [3.8, 4) is 0 Å². The first kappa shape index (κ1) is 7.56. The molecule has 2 heterocycles. The van der Waals surface area contributed by atoms with Gasteiger partial charge in [0, 0.05) is 13.1 Å². The predicted octanol–water partition coefficient (Wildman–Crippen LogP) is 1.12. The molecular weight excluding hydrogens is 138 g/mol. The van der Waals surface area contributed by atoms with Crippen molar-refractivity contribution in [1.29, 1.82) is 0 Å². The maximum Gasteiger partial charge on any atom is 0.0824 e. The molecule has 64 valence electrons. The zero-order valence-corrected chi connectivity index (χ0v) is 7.47. The van der Waals surface area contributed by atoms with Crippen LogP contribution in [0.15, 0.2) is 0 Å². The van der Waals surface area contributed by atoms with E-state index in [1.807, 2.05) is 0 Å². The first-order valence-corrected chi connectivity index (χ1v) is 4.53. The van der Waals surface area contributed by atoms with E-state index in [0.29, 0.717) is 0 Å². The summed E-state index contributed by atoms with van der Waals surface area (Å²) in [6.45, 7) is 5.63. The van der Waals surface area contributed by atoms with Crippen LogP contribution in [0.3, 0.4) is 0 Å². The van der Waals surface area contributed by atoms with E-state index in [1.54, 1.807) is 0 Å². The predicted molar refractivity (Wildman–Crippen MR) is 44.6 cm³/mol. The van der Waals surface area contributed by atoms with Gasteiger partial charge in [0.25, 0.3) is 0 Å². The van der Waals surface area contributed by atoms with Crippen molar-refractivity contribution in [3.63, 3.8) is 0 Å². The molecule has 2 atom stereocenters. The minimum atomic E-state index is 0.258.